The molecule has 1 aliphatic rings. The second kappa shape index (κ2) is 6.67. The molecule has 2 unspecified atom stereocenters. The lowest BCUT2D eigenvalue weighted by Crippen LogP contribution is -2.39. The van der Waals surface area contributed by atoms with Crippen LogP contribution in [0.3, 0.4) is 0 Å². The number of nitrogens with one attached hydrogen (secondary N) is 1. The van der Waals surface area contributed by atoms with Gasteiger partial charge in [-0.3, -0.25) is 0 Å². The summed E-state index contributed by atoms with van der Waals surface area (Å²) in [7, 11) is 0. The highest BCUT2D eigenvalue weighted by Crippen LogP contribution is 2.22. The van der Waals surface area contributed by atoms with Gasteiger partial charge in [0.05, 0.1) is 0 Å². The first kappa shape index (κ1) is 11.3. The molecule has 1 N–H and O–H groups in total. The van der Waals surface area contributed by atoms with Crippen LogP contribution in [0.25, 0.3) is 0 Å². The third kappa shape index (κ3) is 4.33. The van der Waals surface area contributed by atoms with E-state index in [0.29, 0.717) is 11.4 Å². The van der Waals surface area contributed by atoms with Crippen LogP contribution in [0.5, 0.6) is 0 Å². The van der Waals surface area contributed by atoms with Crippen molar-refractivity contribution in [3.8, 4) is 0 Å². The van der Waals surface area contributed by atoms with Gasteiger partial charge < -0.3 is 5.32 Å². The second-order valence-electron chi connectivity index (χ2n) is 4.07. The summed E-state index contributed by atoms with van der Waals surface area (Å²) in [6.07, 6.45) is 9.10. The quantitative estimate of drug-likeness (QED) is 0.534. The molecule has 2 atom stereocenters. The van der Waals surface area contributed by atoms with E-state index in [0.717, 1.165) is 6.54 Å². The van der Waals surface area contributed by atoms with E-state index in [9.17, 15) is 0 Å². The van der Waals surface area contributed by atoms with Crippen LogP contribution in [-0.2, 0) is 0 Å². The lowest BCUT2D eigenvalue weighted by atomic mass is 9.95. The first-order valence-corrected chi connectivity index (χ1v) is 6.15. The van der Waals surface area contributed by atoms with Crippen molar-refractivity contribution in [1.82, 2.24) is 5.32 Å². The largest absolute Gasteiger partial charge is 0.313 e. The van der Waals surface area contributed by atoms with Crippen molar-refractivity contribution in [3.63, 3.8) is 0 Å². The Bertz CT molecular complexity index is 127. The van der Waals surface area contributed by atoms with Crippen LogP contribution >= 0.6 is 11.6 Å². The molecule has 1 fully saturated rings. The number of rotatable bonds is 5. The van der Waals surface area contributed by atoms with E-state index in [4.69, 9.17) is 11.6 Å². The Morgan fingerprint density at radius 1 is 1.23 bits per heavy atom. The molecule has 0 spiro atoms. The Kier molecular flexibility index (Phi) is 5.81. The maximum atomic E-state index is 6.23. The van der Waals surface area contributed by atoms with Gasteiger partial charge in [-0.25, -0.2) is 0 Å². The zero-order valence-electron chi connectivity index (χ0n) is 8.69. The number of halogens is 1. The number of alkyl halides is 1. The van der Waals surface area contributed by atoms with Gasteiger partial charge in [0.15, 0.2) is 0 Å². The number of hydrogen-bond acceptors (Lipinski definition) is 1. The fourth-order valence-corrected chi connectivity index (χ4v) is 2.35. The molecule has 0 aromatic rings. The molecule has 0 aromatic heterocycles. The lowest BCUT2D eigenvalue weighted by molar-refractivity contribution is 0.376. The Labute approximate surface area is 87.2 Å². The van der Waals surface area contributed by atoms with Crippen LogP contribution in [0.2, 0.25) is 0 Å². The summed E-state index contributed by atoms with van der Waals surface area (Å²) >= 11 is 6.23. The van der Waals surface area contributed by atoms with Crippen molar-refractivity contribution in [2.24, 2.45) is 0 Å². The Morgan fingerprint density at radius 3 is 2.69 bits per heavy atom. The summed E-state index contributed by atoms with van der Waals surface area (Å²) in [5.74, 6) is 0. The summed E-state index contributed by atoms with van der Waals surface area (Å²) in [6.45, 7) is 3.40. The average molecular weight is 204 g/mol. The van der Waals surface area contributed by atoms with Crippen molar-refractivity contribution in [1.29, 1.82) is 0 Å². The van der Waals surface area contributed by atoms with Gasteiger partial charge in [-0.1, -0.05) is 32.6 Å². The summed E-state index contributed by atoms with van der Waals surface area (Å²) < 4.78 is 0. The fraction of sp³-hybridized carbons (Fsp3) is 1.00. The molecule has 0 radical (unpaired) electrons. The van der Waals surface area contributed by atoms with E-state index in [1.807, 2.05) is 0 Å². The molecule has 0 aromatic carbocycles. The van der Waals surface area contributed by atoms with Crippen LogP contribution < -0.4 is 5.32 Å². The fourth-order valence-electron chi connectivity index (χ4n) is 1.98. The highest BCUT2D eigenvalue weighted by atomic mass is 35.5. The Hall–Kier alpha value is 0.250. The van der Waals surface area contributed by atoms with Gasteiger partial charge in [0.25, 0.3) is 0 Å². The molecule has 0 amide bonds. The summed E-state index contributed by atoms with van der Waals surface area (Å²) in [4.78, 5) is 0. The average Bonchev–Trinajstić information content (AvgIpc) is 2.15. The Balaban J connectivity index is 2.05. The third-order valence-electron chi connectivity index (χ3n) is 2.87. The van der Waals surface area contributed by atoms with Gasteiger partial charge in [-0.2, -0.15) is 0 Å². The highest BCUT2D eigenvalue weighted by molar-refractivity contribution is 6.21. The minimum atomic E-state index is 0.385. The summed E-state index contributed by atoms with van der Waals surface area (Å²) in [5, 5.41) is 3.96. The van der Waals surface area contributed by atoms with Crippen LogP contribution in [0.1, 0.15) is 51.9 Å². The predicted octanol–water partition coefficient (Wildman–Crippen LogP) is 3.32. The molecule has 0 saturated heterocycles. The van der Waals surface area contributed by atoms with Gasteiger partial charge in [0.2, 0.25) is 0 Å². The first-order valence-electron chi connectivity index (χ1n) is 5.72. The smallest absolute Gasteiger partial charge is 0.0489 e. The Morgan fingerprint density at radius 2 is 2.00 bits per heavy atom. The van der Waals surface area contributed by atoms with Crippen LogP contribution in [0.4, 0.5) is 0 Å². The molecule has 0 aliphatic heterocycles. The van der Waals surface area contributed by atoms with Crippen LogP contribution in [0.15, 0.2) is 0 Å². The van der Waals surface area contributed by atoms with Crippen molar-refractivity contribution in [3.05, 3.63) is 0 Å². The molecule has 0 bridgehead atoms. The maximum absolute atomic E-state index is 6.23. The van der Waals surface area contributed by atoms with Gasteiger partial charge in [-0.05, 0) is 25.8 Å². The molecule has 1 nitrogen and oxygen atoms in total. The molecule has 1 rings (SSSR count). The molecular weight excluding hydrogens is 182 g/mol. The first-order chi connectivity index (χ1) is 6.34. The van der Waals surface area contributed by atoms with E-state index in [2.05, 4.69) is 12.2 Å². The summed E-state index contributed by atoms with van der Waals surface area (Å²) in [6, 6.07) is 0.590. The zero-order valence-corrected chi connectivity index (χ0v) is 9.45. The van der Waals surface area contributed by atoms with E-state index in [-0.39, 0.29) is 0 Å². The minimum absolute atomic E-state index is 0.385. The van der Waals surface area contributed by atoms with E-state index < -0.39 is 0 Å². The van der Waals surface area contributed by atoms with E-state index in [1.54, 1.807) is 0 Å². The number of hydrogen-bond donors (Lipinski definition) is 1. The second-order valence-corrected chi connectivity index (χ2v) is 4.63. The normalized spacial score (nSPS) is 29.1. The highest BCUT2D eigenvalue weighted by Gasteiger charge is 2.21. The van der Waals surface area contributed by atoms with Gasteiger partial charge in [0, 0.05) is 11.4 Å². The van der Waals surface area contributed by atoms with E-state index >= 15 is 0 Å². The van der Waals surface area contributed by atoms with Crippen molar-refractivity contribution < 1.29 is 0 Å². The SMILES string of the molecule is CCCCCNC1CCCCC1Cl. The molecule has 2 heteroatoms. The molecule has 0 heterocycles. The lowest BCUT2D eigenvalue weighted by Gasteiger charge is -2.27. The molecule has 1 aliphatic carbocycles. The predicted molar refractivity (Wildman–Crippen MR) is 59.4 cm³/mol. The molecule has 1 saturated carbocycles. The zero-order chi connectivity index (χ0) is 9.52. The van der Waals surface area contributed by atoms with Crippen LogP contribution in [0, 0.1) is 0 Å². The van der Waals surface area contributed by atoms with Gasteiger partial charge >= 0.3 is 0 Å². The molecule has 78 valence electrons. The molecule has 13 heavy (non-hydrogen) atoms. The maximum Gasteiger partial charge on any atom is 0.0489 e. The third-order valence-corrected chi connectivity index (χ3v) is 3.39. The minimum Gasteiger partial charge on any atom is -0.313 e. The topological polar surface area (TPSA) is 12.0 Å². The molecular formula is C11H22ClN. The number of unbranched alkanes of at least 4 members (excludes halogenated alkanes) is 2. The van der Waals surface area contributed by atoms with Gasteiger partial charge in [0.1, 0.15) is 0 Å². The monoisotopic (exact) mass is 203 g/mol. The summed E-state index contributed by atoms with van der Waals surface area (Å²) in [5.41, 5.74) is 0. The van der Waals surface area contributed by atoms with Crippen molar-refractivity contribution in [2.75, 3.05) is 6.54 Å². The standard InChI is InChI=1S/C11H22ClN/c1-2-3-6-9-13-11-8-5-4-7-10(11)12/h10-11,13H,2-9H2,1H3. The van der Waals surface area contributed by atoms with Crippen molar-refractivity contribution >= 4 is 11.6 Å². The van der Waals surface area contributed by atoms with Gasteiger partial charge in [-0.15, -0.1) is 11.6 Å². The van der Waals surface area contributed by atoms with Crippen LogP contribution in [-0.4, -0.2) is 18.0 Å². The van der Waals surface area contributed by atoms with Crippen molar-refractivity contribution in [2.45, 2.75) is 63.3 Å². The van der Waals surface area contributed by atoms with E-state index in [1.165, 1.54) is 44.9 Å².